The number of benzene rings is 1. The number of fused-ring (bicyclic) bond motifs is 3. The first-order valence-electron chi connectivity index (χ1n) is 9.89. The highest BCUT2D eigenvalue weighted by Crippen LogP contribution is 2.71. The number of carbonyl (C=O) groups is 1. The van der Waals surface area contributed by atoms with Gasteiger partial charge in [-0.2, -0.15) is 0 Å². The predicted molar refractivity (Wildman–Crippen MR) is 102 cm³/mol. The van der Waals surface area contributed by atoms with E-state index < -0.39 is 5.41 Å². The fraction of sp³-hybridized carbons (Fsp3) is 0.545. The van der Waals surface area contributed by atoms with Gasteiger partial charge in [0, 0.05) is 30.3 Å². The van der Waals surface area contributed by atoms with Gasteiger partial charge in [0.1, 0.15) is 16.9 Å². The van der Waals surface area contributed by atoms with Gasteiger partial charge >= 0.3 is 5.97 Å². The molecule has 3 aliphatic heterocycles. The van der Waals surface area contributed by atoms with Crippen molar-refractivity contribution in [3.63, 3.8) is 0 Å². The normalized spacial score (nSPS) is 40.2. The quantitative estimate of drug-likeness (QED) is 0.598. The van der Waals surface area contributed by atoms with Gasteiger partial charge in [0.2, 0.25) is 0 Å². The Labute approximate surface area is 159 Å². The molecule has 2 aliphatic carbocycles. The highest BCUT2D eigenvalue weighted by molar-refractivity contribution is 6.17. The van der Waals surface area contributed by atoms with E-state index in [-0.39, 0.29) is 16.8 Å². The van der Waals surface area contributed by atoms with E-state index in [2.05, 4.69) is 29.2 Å². The Hall–Kier alpha value is -2.14. The molecule has 5 aliphatic rings. The van der Waals surface area contributed by atoms with Crippen LogP contribution in [0.3, 0.4) is 0 Å². The van der Waals surface area contributed by atoms with Gasteiger partial charge < -0.3 is 9.47 Å². The summed E-state index contributed by atoms with van der Waals surface area (Å²) in [6.45, 7) is 2.04. The molecule has 0 N–H and O–H groups in total. The molecule has 0 radical (unpaired) electrons. The number of rotatable bonds is 2. The van der Waals surface area contributed by atoms with Crippen molar-refractivity contribution in [2.75, 3.05) is 27.3 Å². The van der Waals surface area contributed by atoms with Crippen molar-refractivity contribution in [1.29, 1.82) is 0 Å². The van der Waals surface area contributed by atoms with Gasteiger partial charge in [-0.05, 0) is 37.3 Å². The number of aliphatic imine (C=N–C) groups is 1. The fourth-order valence-electron chi connectivity index (χ4n) is 7.26. The number of esters is 1. The number of hydrogen-bond acceptors (Lipinski definition) is 5. The average molecular weight is 364 g/mol. The van der Waals surface area contributed by atoms with Crippen LogP contribution in [0.15, 0.2) is 35.3 Å². The number of ether oxygens (including phenoxy) is 2. The maximum absolute atomic E-state index is 13.2. The lowest BCUT2D eigenvalue weighted by Crippen LogP contribution is -2.64. The third-order valence-electron chi connectivity index (χ3n) is 7.98. The van der Waals surface area contributed by atoms with Crippen molar-refractivity contribution in [1.82, 2.24) is 4.90 Å². The molecule has 4 unspecified atom stereocenters. The van der Waals surface area contributed by atoms with Crippen LogP contribution in [0.25, 0.3) is 0 Å². The van der Waals surface area contributed by atoms with Crippen LogP contribution in [-0.2, 0) is 14.9 Å². The van der Waals surface area contributed by atoms with Crippen LogP contribution in [0.2, 0.25) is 0 Å². The number of methoxy groups -OCH3 is 2. The molecule has 3 fully saturated rings. The van der Waals surface area contributed by atoms with Crippen molar-refractivity contribution >= 4 is 17.4 Å². The van der Waals surface area contributed by atoms with Crippen LogP contribution in [0.5, 0.6) is 5.75 Å². The number of hydrogen-bond donors (Lipinski definition) is 0. The van der Waals surface area contributed by atoms with E-state index in [0.717, 1.165) is 55.9 Å². The lowest BCUT2D eigenvalue weighted by molar-refractivity contribution is -0.149. The number of para-hydroxylation sites is 1. The Balaban J connectivity index is 1.69. The molecule has 2 saturated carbocycles. The Kier molecular flexibility index (Phi) is 2.83. The van der Waals surface area contributed by atoms with E-state index in [0.29, 0.717) is 6.04 Å². The molecule has 0 amide bonds. The first-order chi connectivity index (χ1) is 13.1. The van der Waals surface area contributed by atoms with Crippen molar-refractivity contribution in [2.45, 2.75) is 37.1 Å². The molecule has 1 aromatic carbocycles. The molecule has 0 aromatic heterocycles. The first-order valence-corrected chi connectivity index (χ1v) is 9.89. The Morgan fingerprint density at radius 3 is 2.96 bits per heavy atom. The Morgan fingerprint density at radius 1 is 1.26 bits per heavy atom. The van der Waals surface area contributed by atoms with E-state index in [1.54, 1.807) is 7.11 Å². The number of carbonyl (C=O) groups excluding carboxylic acids is 1. The molecular formula is C22H24N2O3. The van der Waals surface area contributed by atoms with Crippen LogP contribution in [0.1, 0.15) is 31.2 Å². The summed E-state index contributed by atoms with van der Waals surface area (Å²) in [5.74, 6) is 0.693. The Morgan fingerprint density at radius 2 is 2.15 bits per heavy atom. The summed E-state index contributed by atoms with van der Waals surface area (Å²) >= 11 is 0. The van der Waals surface area contributed by atoms with Gasteiger partial charge in [-0.1, -0.05) is 24.3 Å². The first kappa shape index (κ1) is 15.9. The zero-order chi connectivity index (χ0) is 18.4. The van der Waals surface area contributed by atoms with Crippen molar-refractivity contribution < 1.29 is 14.3 Å². The van der Waals surface area contributed by atoms with E-state index in [1.807, 2.05) is 6.07 Å². The molecular weight excluding hydrogens is 340 g/mol. The lowest BCUT2D eigenvalue weighted by Gasteiger charge is -2.54. The van der Waals surface area contributed by atoms with Gasteiger partial charge in [-0.15, -0.1) is 0 Å². The van der Waals surface area contributed by atoms with Crippen molar-refractivity contribution in [3.05, 3.63) is 35.9 Å². The van der Waals surface area contributed by atoms with Crippen LogP contribution >= 0.6 is 0 Å². The summed E-state index contributed by atoms with van der Waals surface area (Å²) in [6, 6.07) is 6.63. The third-order valence-corrected chi connectivity index (χ3v) is 7.98. The molecule has 4 atom stereocenters. The molecule has 5 heteroatoms. The summed E-state index contributed by atoms with van der Waals surface area (Å²) in [5, 5.41) is 0. The molecule has 3 heterocycles. The summed E-state index contributed by atoms with van der Waals surface area (Å²) in [6.07, 6.45) is 8.42. The topological polar surface area (TPSA) is 51.1 Å². The molecule has 2 spiro atoms. The number of nitrogens with zero attached hydrogens (tertiary/aromatic N) is 2. The van der Waals surface area contributed by atoms with Gasteiger partial charge in [-0.25, -0.2) is 0 Å². The smallest absolute Gasteiger partial charge is 0.317 e. The molecule has 140 valence electrons. The monoisotopic (exact) mass is 364 g/mol. The molecule has 2 bridgehead atoms. The SMILES string of the molecule is COC(=O)C12CCC3(C=CCN4CCC5(C1=Nc1c(OC)cccc15)C43)C2. The fourth-order valence-corrected chi connectivity index (χ4v) is 7.26. The maximum atomic E-state index is 13.2. The third kappa shape index (κ3) is 1.55. The summed E-state index contributed by atoms with van der Waals surface area (Å²) in [4.78, 5) is 20.9. The standard InChI is InChI=1S/C22H24N2O3/c1-26-15-6-3-5-14-16(15)23-17-21(19(25)27-2)9-8-20(13-21)7-4-11-24-12-10-22(14,17)18(20)24/h3-7,18H,8-13H2,1-2H3. The molecule has 1 aromatic rings. The zero-order valence-electron chi connectivity index (χ0n) is 15.8. The van der Waals surface area contributed by atoms with Crippen LogP contribution in [0.4, 0.5) is 5.69 Å². The highest BCUT2D eigenvalue weighted by atomic mass is 16.5. The van der Waals surface area contributed by atoms with Gasteiger partial charge in [0.15, 0.2) is 0 Å². The molecule has 5 nitrogen and oxygen atoms in total. The minimum absolute atomic E-state index is 0.0344. The van der Waals surface area contributed by atoms with Crippen LogP contribution in [0, 0.1) is 10.8 Å². The molecule has 1 saturated heterocycles. The summed E-state index contributed by atoms with van der Waals surface area (Å²) < 4.78 is 11.0. The van der Waals surface area contributed by atoms with Gasteiger partial charge in [-0.3, -0.25) is 14.7 Å². The predicted octanol–water partition coefficient (Wildman–Crippen LogP) is 3.01. The van der Waals surface area contributed by atoms with Crippen LogP contribution < -0.4 is 4.74 Å². The minimum atomic E-state index is -0.604. The molecule has 27 heavy (non-hydrogen) atoms. The maximum Gasteiger partial charge on any atom is 0.317 e. The lowest BCUT2D eigenvalue weighted by atomic mass is 9.51. The minimum Gasteiger partial charge on any atom is -0.494 e. The van der Waals surface area contributed by atoms with E-state index in [4.69, 9.17) is 14.5 Å². The molecule has 6 rings (SSSR count). The van der Waals surface area contributed by atoms with E-state index in [9.17, 15) is 4.79 Å². The largest absolute Gasteiger partial charge is 0.494 e. The summed E-state index contributed by atoms with van der Waals surface area (Å²) in [7, 11) is 3.21. The highest BCUT2D eigenvalue weighted by Gasteiger charge is 2.75. The van der Waals surface area contributed by atoms with Crippen molar-refractivity contribution in [3.8, 4) is 5.75 Å². The zero-order valence-corrected chi connectivity index (χ0v) is 15.8. The second kappa shape index (κ2) is 4.82. The van der Waals surface area contributed by atoms with Gasteiger partial charge in [0.05, 0.1) is 19.6 Å². The summed E-state index contributed by atoms with van der Waals surface area (Å²) in [5.41, 5.74) is 2.46. The second-order valence-corrected chi connectivity index (χ2v) is 8.82. The second-order valence-electron chi connectivity index (χ2n) is 8.82. The van der Waals surface area contributed by atoms with Crippen LogP contribution in [-0.4, -0.2) is 49.9 Å². The average Bonchev–Trinajstić information content (AvgIpc) is 3.36. The van der Waals surface area contributed by atoms with E-state index >= 15 is 0 Å². The van der Waals surface area contributed by atoms with Gasteiger partial charge in [0.25, 0.3) is 0 Å². The Bertz CT molecular complexity index is 937. The van der Waals surface area contributed by atoms with Crippen molar-refractivity contribution in [2.24, 2.45) is 15.8 Å². The van der Waals surface area contributed by atoms with E-state index in [1.165, 1.54) is 12.7 Å².